The number of hydrogen-bond acceptors (Lipinski definition) is 4. The minimum absolute atomic E-state index is 0.0116. The van der Waals surface area contributed by atoms with Crippen LogP contribution in [-0.2, 0) is 9.47 Å². The highest BCUT2D eigenvalue weighted by Crippen LogP contribution is 2.41. The molecule has 2 unspecified atom stereocenters. The van der Waals surface area contributed by atoms with Crippen molar-refractivity contribution in [1.82, 2.24) is 0 Å². The van der Waals surface area contributed by atoms with E-state index in [2.05, 4.69) is 31.9 Å². The first-order valence-corrected chi connectivity index (χ1v) is 8.80. The van der Waals surface area contributed by atoms with Crippen LogP contribution in [0.3, 0.4) is 0 Å². The van der Waals surface area contributed by atoms with Crippen LogP contribution in [0.2, 0.25) is 0 Å². The molecule has 1 heterocycles. The number of hydrogen-bond donors (Lipinski definition) is 0. The number of rotatable bonds is 6. The van der Waals surface area contributed by atoms with Crippen molar-refractivity contribution in [2.75, 3.05) is 33.0 Å². The van der Waals surface area contributed by atoms with Crippen LogP contribution in [0.5, 0.6) is 11.5 Å². The minimum atomic E-state index is -0.0116. The van der Waals surface area contributed by atoms with Gasteiger partial charge in [0.2, 0.25) is 0 Å². The molecule has 1 aromatic carbocycles. The Balaban J connectivity index is 2.27. The van der Waals surface area contributed by atoms with Gasteiger partial charge in [0.05, 0.1) is 44.0 Å². The summed E-state index contributed by atoms with van der Waals surface area (Å²) in [5.41, 5.74) is 1.07. The summed E-state index contributed by atoms with van der Waals surface area (Å²) >= 11 is 7.32. The summed E-state index contributed by atoms with van der Waals surface area (Å²) in [5, 5.41) is 0. The van der Waals surface area contributed by atoms with Crippen molar-refractivity contribution in [3.63, 3.8) is 0 Å². The Hall–Kier alpha value is -0.300. The molecule has 1 aliphatic rings. The van der Waals surface area contributed by atoms with Gasteiger partial charge in [-0.25, -0.2) is 0 Å². The van der Waals surface area contributed by atoms with E-state index in [1.807, 2.05) is 26.0 Å². The van der Waals surface area contributed by atoms with Gasteiger partial charge in [0.15, 0.2) is 11.5 Å². The minimum Gasteiger partial charge on any atom is -0.490 e. The van der Waals surface area contributed by atoms with Crippen LogP contribution in [0, 0.1) is 0 Å². The van der Waals surface area contributed by atoms with Crippen LogP contribution in [0.15, 0.2) is 16.6 Å². The zero-order chi connectivity index (χ0) is 15.2. The van der Waals surface area contributed by atoms with Gasteiger partial charge in [-0.2, -0.15) is 0 Å². The van der Waals surface area contributed by atoms with Gasteiger partial charge in [-0.15, -0.1) is 0 Å². The average molecular weight is 424 g/mol. The molecular formula is C15H20Br2O4. The summed E-state index contributed by atoms with van der Waals surface area (Å²) in [4.78, 5) is 0.0297. The highest BCUT2D eigenvalue weighted by atomic mass is 79.9. The normalized spacial score (nSPS) is 20.1. The quantitative estimate of drug-likeness (QED) is 0.645. The zero-order valence-corrected chi connectivity index (χ0v) is 15.4. The summed E-state index contributed by atoms with van der Waals surface area (Å²) < 4.78 is 23.5. The number of alkyl halides is 1. The van der Waals surface area contributed by atoms with E-state index in [0.717, 1.165) is 21.5 Å². The second-order valence-corrected chi connectivity index (χ2v) is 6.41. The van der Waals surface area contributed by atoms with E-state index in [1.54, 1.807) is 0 Å². The second kappa shape index (κ2) is 8.36. The predicted octanol–water partition coefficient (Wildman–Crippen LogP) is 4.10. The van der Waals surface area contributed by atoms with Crippen LogP contribution in [-0.4, -0.2) is 39.1 Å². The highest BCUT2D eigenvalue weighted by Gasteiger charge is 2.27. The predicted molar refractivity (Wildman–Crippen MR) is 88.7 cm³/mol. The molecule has 0 spiro atoms. The lowest BCUT2D eigenvalue weighted by atomic mass is 10.1. The molecule has 1 aromatic rings. The molecule has 0 N–H and O–H groups in total. The summed E-state index contributed by atoms with van der Waals surface area (Å²) in [6, 6.07) is 3.94. The average Bonchev–Trinajstić information content (AvgIpc) is 2.50. The van der Waals surface area contributed by atoms with Crippen molar-refractivity contribution < 1.29 is 18.9 Å². The molecule has 21 heavy (non-hydrogen) atoms. The third-order valence-electron chi connectivity index (χ3n) is 3.13. The van der Waals surface area contributed by atoms with Crippen LogP contribution in [0.25, 0.3) is 0 Å². The molecule has 0 saturated carbocycles. The first kappa shape index (κ1) is 17.1. The van der Waals surface area contributed by atoms with Gasteiger partial charge in [0.1, 0.15) is 0 Å². The Morgan fingerprint density at radius 2 is 1.86 bits per heavy atom. The lowest BCUT2D eigenvalue weighted by Crippen LogP contribution is -2.31. The van der Waals surface area contributed by atoms with Gasteiger partial charge in [-0.3, -0.25) is 0 Å². The lowest BCUT2D eigenvalue weighted by molar-refractivity contribution is -0.0877. The standard InChI is InChI=1S/C15H20Br2O4/c1-3-19-12-7-10(11(16)8-13(12)20-4-2)15(17)14-9-18-5-6-21-14/h7-8,14-15H,3-6,9H2,1-2H3. The molecular weight excluding hydrogens is 404 g/mol. The first-order chi connectivity index (χ1) is 10.2. The van der Waals surface area contributed by atoms with E-state index < -0.39 is 0 Å². The highest BCUT2D eigenvalue weighted by molar-refractivity contribution is 9.11. The molecule has 0 aromatic heterocycles. The van der Waals surface area contributed by atoms with E-state index in [1.165, 1.54) is 0 Å². The van der Waals surface area contributed by atoms with Crippen molar-refractivity contribution in [1.29, 1.82) is 0 Å². The maximum Gasteiger partial charge on any atom is 0.162 e. The Labute approximate surface area is 142 Å². The van der Waals surface area contributed by atoms with Gasteiger partial charge in [-0.05, 0) is 31.5 Å². The largest absolute Gasteiger partial charge is 0.490 e. The number of halogens is 2. The molecule has 118 valence electrons. The third-order valence-corrected chi connectivity index (χ3v) is 4.90. The molecule has 4 nitrogen and oxygen atoms in total. The van der Waals surface area contributed by atoms with E-state index in [4.69, 9.17) is 18.9 Å². The molecule has 6 heteroatoms. The third kappa shape index (κ3) is 4.34. The maximum atomic E-state index is 5.76. The molecule has 0 radical (unpaired) electrons. The number of benzene rings is 1. The van der Waals surface area contributed by atoms with Crippen LogP contribution in [0.1, 0.15) is 24.2 Å². The molecule has 1 saturated heterocycles. The summed E-state index contributed by atoms with van der Waals surface area (Å²) in [7, 11) is 0. The Morgan fingerprint density at radius 1 is 1.19 bits per heavy atom. The van der Waals surface area contributed by atoms with Crippen molar-refractivity contribution in [3.8, 4) is 11.5 Å². The molecule has 2 atom stereocenters. The second-order valence-electron chi connectivity index (χ2n) is 4.57. The Morgan fingerprint density at radius 3 is 2.43 bits per heavy atom. The first-order valence-electron chi connectivity index (χ1n) is 7.09. The fourth-order valence-electron chi connectivity index (χ4n) is 2.17. The van der Waals surface area contributed by atoms with Gasteiger partial charge in [0, 0.05) is 4.47 Å². The molecule has 0 aliphatic carbocycles. The van der Waals surface area contributed by atoms with Crippen LogP contribution in [0.4, 0.5) is 0 Å². The summed E-state index contributed by atoms with van der Waals surface area (Å²) in [5.74, 6) is 1.49. The van der Waals surface area contributed by atoms with Crippen LogP contribution >= 0.6 is 31.9 Å². The molecule has 1 fully saturated rings. The maximum absolute atomic E-state index is 5.76. The van der Waals surface area contributed by atoms with Crippen molar-refractivity contribution in [2.45, 2.75) is 24.8 Å². The summed E-state index contributed by atoms with van der Waals surface area (Å²) in [6.07, 6.45) is -0.0116. The van der Waals surface area contributed by atoms with Crippen LogP contribution < -0.4 is 9.47 Å². The fourth-order valence-corrected chi connectivity index (χ4v) is 3.73. The van der Waals surface area contributed by atoms with Crippen molar-refractivity contribution in [2.24, 2.45) is 0 Å². The fraction of sp³-hybridized carbons (Fsp3) is 0.600. The Kier molecular flexibility index (Phi) is 6.79. The molecule has 0 bridgehead atoms. The SMILES string of the molecule is CCOc1cc(Br)c(C(Br)C2COCCO2)cc1OCC. The van der Waals surface area contributed by atoms with E-state index in [9.17, 15) is 0 Å². The van der Waals surface area contributed by atoms with Crippen molar-refractivity contribution in [3.05, 3.63) is 22.2 Å². The topological polar surface area (TPSA) is 36.9 Å². The van der Waals surface area contributed by atoms with Crippen molar-refractivity contribution >= 4 is 31.9 Å². The molecule has 2 rings (SSSR count). The van der Waals surface area contributed by atoms with Gasteiger partial charge >= 0.3 is 0 Å². The van der Waals surface area contributed by atoms with Gasteiger partial charge in [-0.1, -0.05) is 31.9 Å². The monoisotopic (exact) mass is 422 g/mol. The Bertz CT molecular complexity index is 461. The summed E-state index contributed by atoms with van der Waals surface area (Å²) in [6.45, 7) is 6.98. The smallest absolute Gasteiger partial charge is 0.162 e. The van der Waals surface area contributed by atoms with E-state index >= 15 is 0 Å². The van der Waals surface area contributed by atoms with Gasteiger partial charge < -0.3 is 18.9 Å². The van der Waals surface area contributed by atoms with Gasteiger partial charge in [0.25, 0.3) is 0 Å². The molecule has 1 aliphatic heterocycles. The van der Waals surface area contributed by atoms with E-state index in [-0.39, 0.29) is 10.9 Å². The zero-order valence-electron chi connectivity index (χ0n) is 12.2. The number of ether oxygens (including phenoxy) is 4. The molecule has 0 amide bonds. The van der Waals surface area contributed by atoms with E-state index in [0.29, 0.717) is 33.0 Å². The lowest BCUT2D eigenvalue weighted by Gasteiger charge is -2.28.